The zero-order chi connectivity index (χ0) is 7.56. The van der Waals surface area contributed by atoms with Crippen molar-refractivity contribution in [2.45, 2.75) is 19.4 Å². The molecular formula is C7H15NOS. The van der Waals surface area contributed by atoms with Gasteiger partial charge in [0.25, 0.3) is 0 Å². The van der Waals surface area contributed by atoms with Crippen LogP contribution in [0, 0.1) is 0 Å². The van der Waals surface area contributed by atoms with Crippen LogP contribution in [-0.4, -0.2) is 40.2 Å². The molecule has 0 spiro atoms. The normalized spacial score (nSPS) is 36.2. The molecule has 60 valence electrons. The van der Waals surface area contributed by atoms with E-state index in [1.807, 2.05) is 0 Å². The molecule has 1 heterocycles. The minimum absolute atomic E-state index is 0.533. The highest BCUT2D eigenvalue weighted by Crippen LogP contribution is 2.08. The number of nitrogens with zero attached hydrogens (tertiary/aromatic N) is 1. The molecule has 0 N–H and O–H groups in total. The van der Waals surface area contributed by atoms with Crippen molar-refractivity contribution >= 4 is 10.8 Å². The van der Waals surface area contributed by atoms with Gasteiger partial charge in [-0.25, -0.2) is 0 Å². The first-order valence-electron chi connectivity index (χ1n) is 3.79. The Labute approximate surface area is 65.1 Å². The topological polar surface area (TPSA) is 20.3 Å². The predicted molar refractivity (Wildman–Crippen MR) is 44.6 cm³/mol. The minimum Gasteiger partial charge on any atom is -0.302 e. The van der Waals surface area contributed by atoms with Crippen LogP contribution in [0.3, 0.4) is 0 Å². The molecule has 1 aliphatic rings. The summed E-state index contributed by atoms with van der Waals surface area (Å²) in [6.07, 6.45) is 1.13. The summed E-state index contributed by atoms with van der Waals surface area (Å²) in [5.41, 5.74) is 0. The van der Waals surface area contributed by atoms with Crippen molar-refractivity contribution in [2.75, 3.05) is 25.1 Å². The van der Waals surface area contributed by atoms with Gasteiger partial charge >= 0.3 is 0 Å². The Bertz CT molecular complexity index is 138. The highest BCUT2D eigenvalue weighted by atomic mass is 32.2. The molecule has 2 atom stereocenters. The zero-order valence-electron chi connectivity index (χ0n) is 6.67. The van der Waals surface area contributed by atoms with Gasteiger partial charge in [0, 0.05) is 34.9 Å². The van der Waals surface area contributed by atoms with E-state index in [-0.39, 0.29) is 0 Å². The lowest BCUT2D eigenvalue weighted by Crippen LogP contribution is -2.43. The van der Waals surface area contributed by atoms with Gasteiger partial charge in [-0.15, -0.1) is 0 Å². The van der Waals surface area contributed by atoms with Crippen LogP contribution in [0.2, 0.25) is 0 Å². The summed E-state index contributed by atoms with van der Waals surface area (Å²) in [7, 11) is 1.58. The quantitative estimate of drug-likeness (QED) is 0.557. The Morgan fingerprint density at radius 3 is 2.90 bits per heavy atom. The van der Waals surface area contributed by atoms with Gasteiger partial charge in [-0.05, 0) is 13.5 Å². The molecule has 0 amide bonds. The predicted octanol–water partition coefficient (Wildman–Crippen LogP) is 0.459. The Balaban J connectivity index is 2.45. The third-order valence-corrected chi connectivity index (χ3v) is 3.54. The maximum Gasteiger partial charge on any atom is 0.0391 e. The summed E-state index contributed by atoms with van der Waals surface area (Å²) in [6, 6.07) is 0.564. The van der Waals surface area contributed by atoms with Crippen molar-refractivity contribution in [2.24, 2.45) is 0 Å². The molecule has 2 nitrogen and oxygen atoms in total. The van der Waals surface area contributed by atoms with Crippen LogP contribution in [0.4, 0.5) is 0 Å². The number of hydrogen-bond donors (Lipinski definition) is 0. The molecule has 2 unspecified atom stereocenters. The van der Waals surface area contributed by atoms with Gasteiger partial charge < -0.3 is 4.90 Å². The van der Waals surface area contributed by atoms with E-state index in [0.717, 1.165) is 24.5 Å². The van der Waals surface area contributed by atoms with E-state index in [0.29, 0.717) is 6.04 Å². The Hall–Kier alpha value is 0.110. The molecule has 0 aromatic carbocycles. The first kappa shape index (κ1) is 8.21. The molecule has 10 heavy (non-hydrogen) atoms. The first-order chi connectivity index (χ1) is 4.74. The standard InChI is InChI=1S/C7H15NOS/c1-3-7-6-10(9)5-4-8(7)2/h7H,3-6H2,1-2H3. The summed E-state index contributed by atoms with van der Waals surface area (Å²) < 4.78 is 11.1. The second-order valence-electron chi connectivity index (χ2n) is 2.85. The third kappa shape index (κ3) is 1.80. The Morgan fingerprint density at radius 1 is 1.70 bits per heavy atom. The van der Waals surface area contributed by atoms with Crippen LogP contribution < -0.4 is 0 Å². The number of hydrogen-bond acceptors (Lipinski definition) is 2. The second-order valence-corrected chi connectivity index (χ2v) is 4.47. The summed E-state index contributed by atoms with van der Waals surface area (Å²) in [6.45, 7) is 3.16. The summed E-state index contributed by atoms with van der Waals surface area (Å²) in [5.74, 6) is 1.75. The lowest BCUT2D eigenvalue weighted by atomic mass is 10.2. The fraction of sp³-hybridized carbons (Fsp3) is 1.00. The van der Waals surface area contributed by atoms with Gasteiger partial charge in [-0.2, -0.15) is 0 Å². The largest absolute Gasteiger partial charge is 0.302 e. The summed E-state index contributed by atoms with van der Waals surface area (Å²) in [4.78, 5) is 2.31. The Morgan fingerprint density at radius 2 is 2.40 bits per heavy atom. The van der Waals surface area contributed by atoms with E-state index in [9.17, 15) is 4.21 Å². The lowest BCUT2D eigenvalue weighted by molar-refractivity contribution is 0.260. The lowest BCUT2D eigenvalue weighted by Gasteiger charge is -2.30. The smallest absolute Gasteiger partial charge is 0.0391 e. The average Bonchev–Trinajstić information content (AvgIpc) is 1.94. The molecule has 0 saturated carbocycles. The van der Waals surface area contributed by atoms with Crippen molar-refractivity contribution in [1.82, 2.24) is 4.90 Å². The fourth-order valence-corrected chi connectivity index (χ4v) is 2.86. The molecular weight excluding hydrogens is 146 g/mol. The highest BCUT2D eigenvalue weighted by Gasteiger charge is 2.20. The molecule has 3 heteroatoms. The van der Waals surface area contributed by atoms with Crippen molar-refractivity contribution < 1.29 is 4.21 Å². The third-order valence-electron chi connectivity index (χ3n) is 2.14. The van der Waals surface area contributed by atoms with E-state index in [4.69, 9.17) is 0 Å². The molecule has 1 saturated heterocycles. The van der Waals surface area contributed by atoms with Crippen LogP contribution in [0.15, 0.2) is 0 Å². The number of rotatable bonds is 1. The molecule has 0 radical (unpaired) electrons. The van der Waals surface area contributed by atoms with Crippen molar-refractivity contribution in [3.63, 3.8) is 0 Å². The van der Waals surface area contributed by atoms with E-state index in [2.05, 4.69) is 18.9 Å². The van der Waals surface area contributed by atoms with Gasteiger partial charge in [-0.3, -0.25) is 4.21 Å². The van der Waals surface area contributed by atoms with Gasteiger partial charge in [0.15, 0.2) is 0 Å². The monoisotopic (exact) mass is 161 g/mol. The maximum atomic E-state index is 11.1. The minimum atomic E-state index is -0.533. The average molecular weight is 161 g/mol. The molecule has 1 rings (SSSR count). The van der Waals surface area contributed by atoms with Crippen LogP contribution in [0.5, 0.6) is 0 Å². The van der Waals surface area contributed by atoms with Crippen LogP contribution in [0.1, 0.15) is 13.3 Å². The van der Waals surface area contributed by atoms with Crippen LogP contribution in [-0.2, 0) is 10.8 Å². The summed E-state index contributed by atoms with van der Waals surface area (Å²) >= 11 is 0. The van der Waals surface area contributed by atoms with E-state index >= 15 is 0 Å². The summed E-state index contributed by atoms with van der Waals surface area (Å²) in [5, 5.41) is 0. The Kier molecular flexibility index (Phi) is 2.86. The molecule has 0 aliphatic carbocycles. The van der Waals surface area contributed by atoms with E-state index in [1.54, 1.807) is 0 Å². The van der Waals surface area contributed by atoms with Crippen LogP contribution in [0.25, 0.3) is 0 Å². The molecule has 1 aliphatic heterocycles. The van der Waals surface area contributed by atoms with Crippen molar-refractivity contribution in [3.8, 4) is 0 Å². The van der Waals surface area contributed by atoms with Gasteiger partial charge in [0.05, 0.1) is 0 Å². The van der Waals surface area contributed by atoms with Gasteiger partial charge in [0.1, 0.15) is 0 Å². The molecule has 1 fully saturated rings. The first-order valence-corrected chi connectivity index (χ1v) is 5.28. The molecule has 0 bridgehead atoms. The molecule has 0 aromatic rings. The van der Waals surface area contributed by atoms with Gasteiger partial charge in [0.2, 0.25) is 0 Å². The van der Waals surface area contributed by atoms with Crippen LogP contribution >= 0.6 is 0 Å². The van der Waals surface area contributed by atoms with Gasteiger partial charge in [-0.1, -0.05) is 6.92 Å². The second kappa shape index (κ2) is 3.49. The van der Waals surface area contributed by atoms with Crippen molar-refractivity contribution in [1.29, 1.82) is 0 Å². The maximum absolute atomic E-state index is 11.1. The zero-order valence-corrected chi connectivity index (χ0v) is 7.49. The fourth-order valence-electron chi connectivity index (χ4n) is 1.28. The van der Waals surface area contributed by atoms with E-state index in [1.165, 1.54) is 0 Å². The molecule has 0 aromatic heterocycles. The van der Waals surface area contributed by atoms with E-state index < -0.39 is 10.8 Å². The SMILES string of the molecule is CCC1CS(=O)CCN1C. The van der Waals surface area contributed by atoms with Crippen molar-refractivity contribution in [3.05, 3.63) is 0 Å². The highest BCUT2D eigenvalue weighted by molar-refractivity contribution is 7.85.